The number of imide groups is 2. The molecule has 1 unspecified atom stereocenters. The first-order valence-corrected chi connectivity index (χ1v) is 19.5. The lowest BCUT2D eigenvalue weighted by atomic mass is 9.93. The Morgan fingerprint density at radius 1 is 0.655 bits per heavy atom. The standard InChI is InChI=1S/C44H45N9O5/c1-28(2)39(45-3)44(58)49(23-25-53-41(55)32-11-6-9-30-36(51-21-17-47-27-51)15-13-34(38(30)32)43(53)57)19-7-18-48(4)22-24-52-40(54)31-10-5-8-29-35(50-20-16-46-26-50)14-12-33(37(29)31)42(52)56/h5-6,8-17,20-21,26-28,39,45H,7,18-19,22-25H2,1-4H3. The molecular formula is C44H45N9O5. The molecule has 5 amide bonds. The average Bonchev–Trinajstić information content (AvgIpc) is 3.97. The maximum atomic E-state index is 14.0. The molecule has 0 aliphatic carbocycles. The minimum atomic E-state index is -0.457. The van der Waals surface area contributed by atoms with Crippen LogP contribution in [-0.2, 0) is 4.79 Å². The molecule has 8 rings (SSSR count). The molecule has 0 fully saturated rings. The first kappa shape index (κ1) is 38.4. The van der Waals surface area contributed by atoms with Gasteiger partial charge in [0.05, 0.1) is 30.1 Å². The predicted octanol–water partition coefficient (Wildman–Crippen LogP) is 4.65. The summed E-state index contributed by atoms with van der Waals surface area (Å²) >= 11 is 0. The largest absolute Gasteiger partial charge is 0.339 e. The van der Waals surface area contributed by atoms with Crippen LogP contribution in [-0.4, -0.2) is 128 Å². The fourth-order valence-electron chi connectivity index (χ4n) is 8.33. The van der Waals surface area contributed by atoms with Gasteiger partial charge in [-0.3, -0.25) is 33.8 Å². The van der Waals surface area contributed by atoms with Crippen molar-refractivity contribution in [2.24, 2.45) is 5.92 Å². The van der Waals surface area contributed by atoms with Gasteiger partial charge in [0.15, 0.2) is 0 Å². The smallest absolute Gasteiger partial charge is 0.261 e. The van der Waals surface area contributed by atoms with Gasteiger partial charge in [-0.25, -0.2) is 9.97 Å². The van der Waals surface area contributed by atoms with Crippen LogP contribution >= 0.6 is 0 Å². The van der Waals surface area contributed by atoms with E-state index in [2.05, 4.69) is 15.3 Å². The highest BCUT2D eigenvalue weighted by molar-refractivity contribution is 6.27. The molecule has 14 nitrogen and oxygen atoms in total. The van der Waals surface area contributed by atoms with E-state index >= 15 is 0 Å². The van der Waals surface area contributed by atoms with E-state index in [1.807, 2.05) is 83.7 Å². The van der Waals surface area contributed by atoms with Crippen molar-refractivity contribution in [2.45, 2.75) is 26.3 Å². The number of nitrogens with one attached hydrogen (secondary N) is 1. The molecule has 0 saturated carbocycles. The van der Waals surface area contributed by atoms with Crippen molar-refractivity contribution in [3.05, 3.63) is 120 Å². The summed E-state index contributed by atoms with van der Waals surface area (Å²) in [6, 6.07) is 17.8. The molecule has 4 heterocycles. The number of aromatic nitrogens is 4. The lowest BCUT2D eigenvalue weighted by molar-refractivity contribution is -0.134. The minimum absolute atomic E-state index is 0.00295. The highest BCUT2D eigenvalue weighted by Crippen LogP contribution is 2.35. The number of rotatable bonds is 15. The highest BCUT2D eigenvalue weighted by Gasteiger charge is 2.36. The van der Waals surface area contributed by atoms with Crippen LogP contribution in [0.3, 0.4) is 0 Å². The van der Waals surface area contributed by atoms with Gasteiger partial charge in [-0.2, -0.15) is 0 Å². The van der Waals surface area contributed by atoms with E-state index in [9.17, 15) is 24.0 Å². The van der Waals surface area contributed by atoms with Gasteiger partial charge in [0, 0.05) is 101 Å². The van der Waals surface area contributed by atoms with Crippen LogP contribution < -0.4 is 5.32 Å². The number of carbonyl (C=O) groups excluding carboxylic acids is 5. The molecular weight excluding hydrogens is 735 g/mol. The maximum Gasteiger partial charge on any atom is 0.261 e. The zero-order valence-corrected chi connectivity index (χ0v) is 33.0. The number of carbonyl (C=O) groups is 5. The number of nitrogens with zero attached hydrogens (tertiary/aromatic N) is 8. The third-order valence-electron chi connectivity index (χ3n) is 11.3. The zero-order valence-electron chi connectivity index (χ0n) is 33.0. The Morgan fingerprint density at radius 2 is 1.14 bits per heavy atom. The molecule has 0 bridgehead atoms. The van der Waals surface area contributed by atoms with Crippen LogP contribution in [0.2, 0.25) is 0 Å². The summed E-state index contributed by atoms with van der Waals surface area (Å²) in [5.41, 5.74) is 3.51. The molecule has 2 aromatic heterocycles. The molecule has 1 atom stereocenters. The van der Waals surface area contributed by atoms with Crippen LogP contribution in [0.4, 0.5) is 0 Å². The third-order valence-corrected chi connectivity index (χ3v) is 11.3. The predicted molar refractivity (Wildman–Crippen MR) is 219 cm³/mol. The van der Waals surface area contributed by atoms with Gasteiger partial charge in [-0.05, 0) is 69.4 Å². The third kappa shape index (κ3) is 6.73. The second-order valence-corrected chi connectivity index (χ2v) is 15.2. The summed E-state index contributed by atoms with van der Waals surface area (Å²) in [4.78, 5) is 83.9. The Kier molecular flexibility index (Phi) is 10.4. The topological polar surface area (TPSA) is 146 Å². The number of hydrogen-bond acceptors (Lipinski definition) is 9. The Balaban J connectivity index is 0.930. The van der Waals surface area contributed by atoms with Gasteiger partial charge in [0.2, 0.25) is 5.91 Å². The number of imidazole rings is 2. The van der Waals surface area contributed by atoms with Crippen molar-refractivity contribution in [1.82, 2.24) is 44.0 Å². The summed E-state index contributed by atoms with van der Waals surface area (Å²) in [5.74, 6) is -1.57. The summed E-state index contributed by atoms with van der Waals surface area (Å²) < 4.78 is 3.71. The van der Waals surface area contributed by atoms with Gasteiger partial charge in [-0.15, -0.1) is 0 Å². The van der Waals surface area contributed by atoms with E-state index in [1.165, 1.54) is 9.80 Å². The second kappa shape index (κ2) is 15.8. The first-order valence-electron chi connectivity index (χ1n) is 19.5. The molecule has 6 aromatic rings. The highest BCUT2D eigenvalue weighted by atomic mass is 16.2. The lowest BCUT2D eigenvalue weighted by Gasteiger charge is -2.33. The van der Waals surface area contributed by atoms with E-state index < -0.39 is 17.9 Å². The minimum Gasteiger partial charge on any atom is -0.339 e. The zero-order chi connectivity index (χ0) is 40.7. The monoisotopic (exact) mass is 779 g/mol. The van der Waals surface area contributed by atoms with Gasteiger partial charge in [0.25, 0.3) is 23.6 Å². The van der Waals surface area contributed by atoms with Crippen LogP contribution in [0.25, 0.3) is 32.9 Å². The van der Waals surface area contributed by atoms with Crippen LogP contribution in [0.1, 0.15) is 61.7 Å². The molecule has 4 aromatic carbocycles. The number of benzene rings is 4. The van der Waals surface area contributed by atoms with Crippen molar-refractivity contribution in [3.8, 4) is 11.4 Å². The van der Waals surface area contributed by atoms with Crippen molar-refractivity contribution in [2.75, 3.05) is 53.4 Å². The Bertz CT molecular complexity index is 2520. The van der Waals surface area contributed by atoms with E-state index in [4.69, 9.17) is 0 Å². The van der Waals surface area contributed by atoms with E-state index in [-0.39, 0.29) is 43.3 Å². The summed E-state index contributed by atoms with van der Waals surface area (Å²) in [6.45, 7) is 5.71. The summed E-state index contributed by atoms with van der Waals surface area (Å²) in [7, 11) is 3.67. The lowest BCUT2D eigenvalue weighted by Crippen LogP contribution is -2.52. The maximum absolute atomic E-state index is 14.0. The molecule has 2 aliphatic heterocycles. The van der Waals surface area contributed by atoms with Crippen molar-refractivity contribution < 1.29 is 24.0 Å². The van der Waals surface area contributed by atoms with Crippen molar-refractivity contribution >= 4 is 51.1 Å². The second-order valence-electron chi connectivity index (χ2n) is 15.2. The SMILES string of the molecule is CNC(C(=O)N(CCCN(C)CCN1C(=O)c2cccc3c(-n4ccnc4)ccc(c23)C1=O)CCN1C(=O)c2cccc3c(-n4ccnc4)ccc(c23)C1=O)C(C)C. The van der Waals surface area contributed by atoms with Crippen molar-refractivity contribution in [3.63, 3.8) is 0 Å². The van der Waals surface area contributed by atoms with Crippen molar-refractivity contribution in [1.29, 1.82) is 0 Å². The molecule has 296 valence electrons. The summed E-state index contributed by atoms with van der Waals surface area (Å²) in [6.07, 6.45) is 10.9. The van der Waals surface area contributed by atoms with E-state index in [0.29, 0.717) is 59.1 Å². The molecule has 0 radical (unpaired) electrons. The first-order chi connectivity index (χ1) is 28.1. The van der Waals surface area contributed by atoms with Gasteiger partial charge in [-0.1, -0.05) is 38.1 Å². The van der Waals surface area contributed by atoms with Crippen LogP contribution in [0, 0.1) is 5.92 Å². The molecule has 58 heavy (non-hydrogen) atoms. The Hall–Kier alpha value is -6.51. The Labute approximate surface area is 335 Å². The van der Waals surface area contributed by atoms with Gasteiger partial charge in [0.1, 0.15) is 0 Å². The normalized spacial score (nSPS) is 14.4. The van der Waals surface area contributed by atoms with E-state index in [1.54, 1.807) is 61.3 Å². The number of likely N-dealkylation sites (N-methyl/N-ethyl adjacent to an activating group) is 2. The van der Waals surface area contributed by atoms with Gasteiger partial charge >= 0.3 is 0 Å². The average molecular weight is 780 g/mol. The molecule has 1 N–H and O–H groups in total. The fourth-order valence-corrected chi connectivity index (χ4v) is 8.33. The van der Waals surface area contributed by atoms with Gasteiger partial charge < -0.3 is 24.3 Å². The van der Waals surface area contributed by atoms with Crippen LogP contribution in [0.5, 0.6) is 0 Å². The van der Waals surface area contributed by atoms with E-state index in [0.717, 1.165) is 22.1 Å². The summed E-state index contributed by atoms with van der Waals surface area (Å²) in [5, 5.41) is 5.98. The molecule has 2 aliphatic rings. The fraction of sp³-hybridized carbons (Fsp3) is 0.295. The quantitative estimate of drug-likeness (QED) is 0.147. The molecule has 14 heteroatoms. The Morgan fingerprint density at radius 3 is 1.59 bits per heavy atom. The number of hydrogen-bond donors (Lipinski definition) is 1. The molecule has 0 spiro atoms. The molecule has 0 saturated heterocycles. The van der Waals surface area contributed by atoms with Crippen LogP contribution in [0.15, 0.2) is 98.1 Å². The number of amides is 5.